The van der Waals surface area contributed by atoms with E-state index < -0.39 is 0 Å². The van der Waals surface area contributed by atoms with Crippen molar-refractivity contribution in [3.05, 3.63) is 42.2 Å². The smallest absolute Gasteiger partial charge is 0.317 e. The van der Waals surface area contributed by atoms with Gasteiger partial charge in [0.25, 0.3) is 0 Å². The fourth-order valence-electron chi connectivity index (χ4n) is 4.59. The van der Waals surface area contributed by atoms with Crippen molar-refractivity contribution in [2.45, 2.75) is 57.6 Å². The molecule has 2 saturated heterocycles. The summed E-state index contributed by atoms with van der Waals surface area (Å²) in [5.41, 5.74) is 1.39. The molecule has 2 aliphatic heterocycles. The molecule has 2 atom stereocenters. The van der Waals surface area contributed by atoms with Crippen molar-refractivity contribution in [1.29, 1.82) is 0 Å². The highest BCUT2D eigenvalue weighted by Gasteiger charge is 2.29. The van der Waals surface area contributed by atoms with Crippen LogP contribution in [0.4, 0.5) is 4.79 Å². The number of carbonyl (C=O) groups is 1. The normalized spacial score (nSPS) is 23.9. The molecule has 2 aliphatic rings. The summed E-state index contributed by atoms with van der Waals surface area (Å²) in [4.78, 5) is 19.0. The van der Waals surface area contributed by atoms with E-state index >= 15 is 0 Å². The first-order valence-electron chi connectivity index (χ1n) is 10.6. The van der Waals surface area contributed by atoms with Crippen molar-refractivity contribution in [2.75, 3.05) is 19.7 Å². The van der Waals surface area contributed by atoms with E-state index in [4.69, 9.17) is 4.74 Å². The SMILES string of the molecule is CC(C)C1CC(NC(=O)N2CCC(c3cccc4cnccc34)CC2)CCO1. The van der Waals surface area contributed by atoms with E-state index in [1.165, 1.54) is 16.3 Å². The topological polar surface area (TPSA) is 54.5 Å². The lowest BCUT2D eigenvalue weighted by molar-refractivity contribution is -0.0232. The Kier molecular flexibility index (Phi) is 5.81. The summed E-state index contributed by atoms with van der Waals surface area (Å²) >= 11 is 0. The van der Waals surface area contributed by atoms with E-state index in [0.29, 0.717) is 11.8 Å². The number of fused-ring (bicyclic) bond motifs is 1. The lowest BCUT2D eigenvalue weighted by Crippen LogP contribution is -2.50. The van der Waals surface area contributed by atoms with E-state index in [9.17, 15) is 4.79 Å². The van der Waals surface area contributed by atoms with Gasteiger partial charge in [-0.15, -0.1) is 0 Å². The molecule has 3 heterocycles. The third-order valence-corrected chi connectivity index (χ3v) is 6.32. The van der Waals surface area contributed by atoms with E-state index in [2.05, 4.69) is 48.4 Å². The van der Waals surface area contributed by atoms with Crippen molar-refractivity contribution in [3.63, 3.8) is 0 Å². The second kappa shape index (κ2) is 8.48. The highest BCUT2D eigenvalue weighted by Crippen LogP contribution is 2.33. The molecule has 1 N–H and O–H groups in total. The summed E-state index contributed by atoms with van der Waals surface area (Å²) in [6.07, 6.45) is 7.91. The van der Waals surface area contributed by atoms with Crippen molar-refractivity contribution in [1.82, 2.24) is 15.2 Å². The number of rotatable bonds is 3. The van der Waals surface area contributed by atoms with Crippen LogP contribution < -0.4 is 5.32 Å². The number of nitrogens with one attached hydrogen (secondary N) is 1. The number of nitrogens with zero attached hydrogens (tertiary/aromatic N) is 2. The Morgan fingerprint density at radius 1 is 1.21 bits per heavy atom. The Labute approximate surface area is 167 Å². The summed E-state index contributed by atoms with van der Waals surface area (Å²) in [5.74, 6) is 0.995. The first kappa shape index (κ1) is 19.2. The molecular weight excluding hydrogens is 350 g/mol. The molecule has 0 spiro atoms. The number of hydrogen-bond acceptors (Lipinski definition) is 3. The molecule has 2 aromatic rings. The third kappa shape index (κ3) is 4.14. The molecule has 0 saturated carbocycles. The zero-order valence-corrected chi connectivity index (χ0v) is 16.9. The monoisotopic (exact) mass is 381 g/mol. The van der Waals surface area contributed by atoms with Gasteiger partial charge in [-0.05, 0) is 54.5 Å². The highest BCUT2D eigenvalue weighted by molar-refractivity contribution is 5.85. The van der Waals surface area contributed by atoms with Crippen molar-refractivity contribution < 1.29 is 9.53 Å². The lowest BCUT2D eigenvalue weighted by atomic mass is 9.87. The number of carbonyl (C=O) groups excluding carboxylic acids is 1. The van der Waals surface area contributed by atoms with Crippen LogP contribution in [0.25, 0.3) is 10.8 Å². The summed E-state index contributed by atoms with van der Waals surface area (Å²) < 4.78 is 5.83. The molecule has 28 heavy (non-hydrogen) atoms. The molecule has 5 nitrogen and oxygen atoms in total. The second-order valence-electron chi connectivity index (χ2n) is 8.53. The van der Waals surface area contributed by atoms with Crippen molar-refractivity contribution >= 4 is 16.8 Å². The average Bonchev–Trinajstić information content (AvgIpc) is 2.73. The van der Waals surface area contributed by atoms with Crippen LogP contribution in [0.3, 0.4) is 0 Å². The molecule has 2 fully saturated rings. The van der Waals surface area contributed by atoms with Gasteiger partial charge in [-0.2, -0.15) is 0 Å². The van der Waals surface area contributed by atoms with Gasteiger partial charge in [-0.3, -0.25) is 4.98 Å². The molecule has 0 bridgehead atoms. The van der Waals surface area contributed by atoms with Crippen LogP contribution >= 0.6 is 0 Å². The van der Waals surface area contributed by atoms with Gasteiger partial charge >= 0.3 is 6.03 Å². The van der Waals surface area contributed by atoms with Crippen LogP contribution in [0.5, 0.6) is 0 Å². The Morgan fingerprint density at radius 3 is 2.82 bits per heavy atom. The van der Waals surface area contributed by atoms with Gasteiger partial charge in [0.1, 0.15) is 0 Å². The first-order chi connectivity index (χ1) is 13.6. The largest absolute Gasteiger partial charge is 0.378 e. The molecule has 1 aromatic heterocycles. The minimum atomic E-state index is 0.0926. The number of urea groups is 1. The average molecular weight is 382 g/mol. The Morgan fingerprint density at radius 2 is 2.04 bits per heavy atom. The number of piperidine rings is 1. The molecule has 1 aromatic carbocycles. The maximum absolute atomic E-state index is 12.8. The number of likely N-dealkylation sites (tertiary alicyclic amines) is 1. The Balaban J connectivity index is 1.34. The molecule has 2 amide bonds. The van der Waals surface area contributed by atoms with Crippen LogP contribution in [0.1, 0.15) is 51.0 Å². The number of ether oxygens (including phenoxy) is 1. The molecule has 2 unspecified atom stereocenters. The molecule has 150 valence electrons. The van der Waals surface area contributed by atoms with Crippen molar-refractivity contribution in [3.8, 4) is 0 Å². The lowest BCUT2D eigenvalue weighted by Gasteiger charge is -2.36. The number of aromatic nitrogens is 1. The molecule has 5 heteroatoms. The molecule has 0 aliphatic carbocycles. The predicted octanol–water partition coefficient (Wildman–Crippen LogP) is 4.33. The second-order valence-corrected chi connectivity index (χ2v) is 8.53. The van der Waals surface area contributed by atoms with Gasteiger partial charge in [-0.25, -0.2) is 4.79 Å². The fourth-order valence-corrected chi connectivity index (χ4v) is 4.59. The zero-order chi connectivity index (χ0) is 19.5. The summed E-state index contributed by atoms with van der Waals surface area (Å²) in [7, 11) is 0. The van der Waals surface area contributed by atoms with Gasteiger partial charge in [0.05, 0.1) is 6.10 Å². The van der Waals surface area contributed by atoms with Crippen LogP contribution in [-0.4, -0.2) is 47.8 Å². The number of amides is 2. The third-order valence-electron chi connectivity index (χ3n) is 6.32. The predicted molar refractivity (Wildman–Crippen MR) is 111 cm³/mol. The van der Waals surface area contributed by atoms with E-state index in [-0.39, 0.29) is 18.2 Å². The fraction of sp³-hybridized carbons (Fsp3) is 0.565. The maximum Gasteiger partial charge on any atom is 0.317 e. The summed E-state index contributed by atoms with van der Waals surface area (Å²) in [5, 5.41) is 5.74. The zero-order valence-electron chi connectivity index (χ0n) is 16.9. The van der Waals surface area contributed by atoms with Gasteiger partial charge in [0.15, 0.2) is 0 Å². The van der Waals surface area contributed by atoms with Gasteiger partial charge in [0.2, 0.25) is 0 Å². The molecule has 4 rings (SSSR count). The maximum atomic E-state index is 12.8. The minimum absolute atomic E-state index is 0.0926. The Hall–Kier alpha value is -2.14. The highest BCUT2D eigenvalue weighted by atomic mass is 16.5. The van der Waals surface area contributed by atoms with Crippen molar-refractivity contribution in [2.24, 2.45) is 5.92 Å². The Bertz CT molecular complexity index is 809. The van der Waals surface area contributed by atoms with Crippen LogP contribution in [0.2, 0.25) is 0 Å². The standard InChI is InChI=1S/C23H31N3O2/c1-16(2)22-14-19(9-13-28-22)25-23(27)26-11-7-17(8-12-26)20-5-3-4-18-15-24-10-6-21(18)20/h3-6,10,15-17,19,22H,7-9,11-14H2,1-2H3,(H,25,27). The molecular formula is C23H31N3O2. The van der Waals surface area contributed by atoms with Crippen LogP contribution in [0, 0.1) is 5.92 Å². The summed E-state index contributed by atoms with van der Waals surface area (Å²) in [6, 6.07) is 8.91. The van der Waals surface area contributed by atoms with Crippen LogP contribution in [0.15, 0.2) is 36.7 Å². The van der Waals surface area contributed by atoms with Gasteiger partial charge in [0, 0.05) is 43.5 Å². The summed E-state index contributed by atoms with van der Waals surface area (Å²) in [6.45, 7) is 6.74. The van der Waals surface area contributed by atoms with E-state index in [1.54, 1.807) is 0 Å². The van der Waals surface area contributed by atoms with Gasteiger partial charge in [-0.1, -0.05) is 32.0 Å². The minimum Gasteiger partial charge on any atom is -0.378 e. The first-order valence-corrected chi connectivity index (χ1v) is 10.6. The van der Waals surface area contributed by atoms with E-state index in [1.807, 2.05) is 17.3 Å². The number of hydrogen-bond donors (Lipinski definition) is 1. The number of pyridine rings is 1. The van der Waals surface area contributed by atoms with E-state index in [0.717, 1.165) is 45.4 Å². The quantitative estimate of drug-likeness (QED) is 0.861. The van der Waals surface area contributed by atoms with Gasteiger partial charge < -0.3 is 15.0 Å². The number of benzene rings is 1. The molecule has 0 radical (unpaired) electrons. The van der Waals surface area contributed by atoms with Crippen LogP contribution in [-0.2, 0) is 4.74 Å².